The van der Waals surface area contributed by atoms with Crippen molar-refractivity contribution in [2.75, 3.05) is 6.54 Å². The molecule has 2 rings (SSSR count). The molecule has 0 bridgehead atoms. The summed E-state index contributed by atoms with van der Waals surface area (Å²) in [4.78, 5) is 26.9. The molecule has 4 nitrogen and oxygen atoms in total. The molecule has 19 heavy (non-hydrogen) atoms. The van der Waals surface area contributed by atoms with Crippen molar-refractivity contribution in [2.45, 2.75) is 70.9 Å². The van der Waals surface area contributed by atoms with Crippen LogP contribution in [0.4, 0.5) is 0 Å². The molecule has 1 saturated heterocycles. The fraction of sp³-hybridized carbons (Fsp3) is 0.867. The number of nitrogens with one attached hydrogen (secondary N) is 1. The molecule has 0 aromatic heterocycles. The van der Waals surface area contributed by atoms with Crippen LogP contribution in [0.25, 0.3) is 0 Å². The SMILES string of the molecule is CC(C)CN1C(=O)C2(CCCCC2)NC(=O)CC1C. The van der Waals surface area contributed by atoms with Crippen molar-refractivity contribution in [2.24, 2.45) is 5.92 Å². The normalized spacial score (nSPS) is 27.6. The summed E-state index contributed by atoms with van der Waals surface area (Å²) in [7, 11) is 0. The van der Waals surface area contributed by atoms with E-state index in [1.807, 2.05) is 11.8 Å². The first kappa shape index (κ1) is 14.4. The highest BCUT2D eigenvalue weighted by Crippen LogP contribution is 2.33. The Kier molecular flexibility index (Phi) is 4.16. The highest BCUT2D eigenvalue weighted by molar-refractivity contribution is 5.94. The van der Waals surface area contributed by atoms with Crippen molar-refractivity contribution in [3.63, 3.8) is 0 Å². The number of carbonyl (C=O) groups is 2. The van der Waals surface area contributed by atoms with Gasteiger partial charge in [-0.1, -0.05) is 33.1 Å². The molecule has 0 radical (unpaired) electrons. The molecule has 0 aromatic carbocycles. The predicted octanol–water partition coefficient (Wildman–Crippen LogP) is 2.08. The number of hydrogen-bond acceptors (Lipinski definition) is 2. The van der Waals surface area contributed by atoms with Gasteiger partial charge in [0.05, 0.1) is 0 Å². The molecule has 4 heteroatoms. The minimum absolute atomic E-state index is 0.0104. The second-order valence-corrected chi connectivity index (χ2v) is 6.60. The molecule has 1 aliphatic carbocycles. The number of amides is 2. The van der Waals surface area contributed by atoms with Crippen LogP contribution in [0.3, 0.4) is 0 Å². The van der Waals surface area contributed by atoms with Gasteiger partial charge in [0.1, 0.15) is 5.54 Å². The Morgan fingerprint density at radius 2 is 1.89 bits per heavy atom. The van der Waals surface area contributed by atoms with Crippen LogP contribution < -0.4 is 5.32 Å². The van der Waals surface area contributed by atoms with Gasteiger partial charge in [-0.05, 0) is 25.7 Å². The summed E-state index contributed by atoms with van der Waals surface area (Å²) in [6, 6.07) is 0.0104. The summed E-state index contributed by atoms with van der Waals surface area (Å²) in [6.45, 7) is 6.97. The van der Waals surface area contributed by atoms with Crippen LogP contribution in [-0.4, -0.2) is 34.8 Å². The minimum Gasteiger partial charge on any atom is -0.342 e. The van der Waals surface area contributed by atoms with Gasteiger partial charge in [0.2, 0.25) is 11.8 Å². The Morgan fingerprint density at radius 3 is 2.47 bits per heavy atom. The maximum Gasteiger partial charge on any atom is 0.248 e. The number of rotatable bonds is 2. The summed E-state index contributed by atoms with van der Waals surface area (Å²) in [5.74, 6) is 0.619. The van der Waals surface area contributed by atoms with Gasteiger partial charge in [-0.3, -0.25) is 9.59 Å². The summed E-state index contributed by atoms with van der Waals surface area (Å²) in [5, 5.41) is 3.05. The maximum absolute atomic E-state index is 12.9. The molecular formula is C15H26N2O2. The molecule has 1 N–H and O–H groups in total. The van der Waals surface area contributed by atoms with Gasteiger partial charge in [0.25, 0.3) is 0 Å². The Morgan fingerprint density at radius 1 is 1.26 bits per heavy atom. The van der Waals surface area contributed by atoms with Crippen LogP contribution in [0.2, 0.25) is 0 Å². The Hall–Kier alpha value is -1.06. The zero-order valence-corrected chi connectivity index (χ0v) is 12.4. The smallest absolute Gasteiger partial charge is 0.248 e. The van der Waals surface area contributed by atoms with Crippen LogP contribution in [0.15, 0.2) is 0 Å². The van der Waals surface area contributed by atoms with Gasteiger partial charge in [-0.25, -0.2) is 0 Å². The highest BCUT2D eigenvalue weighted by Gasteiger charge is 2.46. The number of nitrogens with zero attached hydrogens (tertiary/aromatic N) is 1. The monoisotopic (exact) mass is 266 g/mol. The third-order valence-corrected chi connectivity index (χ3v) is 4.33. The summed E-state index contributed by atoms with van der Waals surface area (Å²) < 4.78 is 0. The third kappa shape index (κ3) is 2.93. The van der Waals surface area contributed by atoms with E-state index in [9.17, 15) is 9.59 Å². The first-order valence-electron chi connectivity index (χ1n) is 7.57. The van der Waals surface area contributed by atoms with E-state index in [0.29, 0.717) is 12.3 Å². The standard InChI is InChI=1S/C15H26N2O2/c1-11(2)10-17-12(3)9-13(18)16-15(14(17)19)7-5-4-6-8-15/h11-12H,4-10H2,1-3H3,(H,16,18). The van der Waals surface area contributed by atoms with Crippen molar-refractivity contribution in [1.29, 1.82) is 0 Å². The second kappa shape index (κ2) is 5.51. The van der Waals surface area contributed by atoms with E-state index in [1.165, 1.54) is 6.42 Å². The van der Waals surface area contributed by atoms with Crippen molar-refractivity contribution >= 4 is 11.8 Å². The quantitative estimate of drug-likeness (QED) is 0.832. The predicted molar refractivity (Wildman–Crippen MR) is 74.6 cm³/mol. The fourth-order valence-electron chi connectivity index (χ4n) is 3.38. The number of carbonyl (C=O) groups excluding carboxylic acids is 2. The lowest BCUT2D eigenvalue weighted by Crippen LogP contribution is -2.59. The molecule has 1 heterocycles. The lowest BCUT2D eigenvalue weighted by molar-refractivity contribution is -0.142. The van der Waals surface area contributed by atoms with E-state index >= 15 is 0 Å². The Bertz CT molecular complexity index is 359. The van der Waals surface area contributed by atoms with E-state index in [2.05, 4.69) is 19.2 Å². The summed E-state index contributed by atoms with van der Waals surface area (Å²) in [5.41, 5.74) is -0.602. The van der Waals surface area contributed by atoms with Crippen LogP contribution in [0, 0.1) is 5.92 Å². The Labute approximate surface area is 115 Å². The van der Waals surface area contributed by atoms with Crippen molar-refractivity contribution in [3.8, 4) is 0 Å². The average Bonchev–Trinajstić information content (AvgIpc) is 2.41. The summed E-state index contributed by atoms with van der Waals surface area (Å²) in [6.07, 6.45) is 5.29. The molecule has 2 fully saturated rings. The number of hydrogen-bond donors (Lipinski definition) is 1. The second-order valence-electron chi connectivity index (χ2n) is 6.60. The van der Waals surface area contributed by atoms with Gasteiger partial charge in [0.15, 0.2) is 0 Å². The molecular weight excluding hydrogens is 240 g/mol. The zero-order valence-electron chi connectivity index (χ0n) is 12.4. The van der Waals surface area contributed by atoms with E-state index in [-0.39, 0.29) is 17.9 Å². The molecule has 0 aromatic rings. The van der Waals surface area contributed by atoms with E-state index in [4.69, 9.17) is 0 Å². The van der Waals surface area contributed by atoms with E-state index in [0.717, 1.165) is 32.2 Å². The Balaban J connectivity index is 2.27. The molecule has 1 aliphatic heterocycles. The first-order chi connectivity index (χ1) is 8.94. The molecule has 1 unspecified atom stereocenters. The van der Waals surface area contributed by atoms with Gasteiger partial charge in [-0.2, -0.15) is 0 Å². The van der Waals surface area contributed by atoms with E-state index < -0.39 is 5.54 Å². The van der Waals surface area contributed by atoms with Gasteiger partial charge in [0, 0.05) is 19.0 Å². The maximum atomic E-state index is 12.9. The minimum atomic E-state index is -0.602. The fourth-order valence-corrected chi connectivity index (χ4v) is 3.38. The van der Waals surface area contributed by atoms with Crippen molar-refractivity contribution < 1.29 is 9.59 Å². The van der Waals surface area contributed by atoms with Crippen LogP contribution in [-0.2, 0) is 9.59 Å². The third-order valence-electron chi connectivity index (χ3n) is 4.33. The topological polar surface area (TPSA) is 49.4 Å². The molecule has 1 atom stereocenters. The van der Waals surface area contributed by atoms with Crippen molar-refractivity contribution in [1.82, 2.24) is 10.2 Å². The lowest BCUT2D eigenvalue weighted by Gasteiger charge is -2.39. The van der Waals surface area contributed by atoms with Gasteiger partial charge < -0.3 is 10.2 Å². The molecule has 2 amide bonds. The molecule has 2 aliphatic rings. The average molecular weight is 266 g/mol. The zero-order chi connectivity index (χ0) is 14.0. The highest BCUT2D eigenvalue weighted by atomic mass is 16.2. The van der Waals surface area contributed by atoms with Gasteiger partial charge in [-0.15, -0.1) is 0 Å². The summed E-state index contributed by atoms with van der Waals surface area (Å²) >= 11 is 0. The van der Waals surface area contributed by atoms with Crippen LogP contribution >= 0.6 is 0 Å². The lowest BCUT2D eigenvalue weighted by atomic mass is 9.80. The van der Waals surface area contributed by atoms with E-state index in [1.54, 1.807) is 0 Å². The van der Waals surface area contributed by atoms with Gasteiger partial charge >= 0.3 is 0 Å². The van der Waals surface area contributed by atoms with Crippen LogP contribution in [0.1, 0.15) is 59.3 Å². The van der Waals surface area contributed by atoms with Crippen LogP contribution in [0.5, 0.6) is 0 Å². The molecule has 1 spiro atoms. The molecule has 1 saturated carbocycles. The molecule has 108 valence electrons. The van der Waals surface area contributed by atoms with Crippen molar-refractivity contribution in [3.05, 3.63) is 0 Å². The first-order valence-corrected chi connectivity index (χ1v) is 7.57. The largest absolute Gasteiger partial charge is 0.342 e.